The Kier molecular flexibility index (Phi) is 5.31. The first kappa shape index (κ1) is 24.7. The second-order valence-electron chi connectivity index (χ2n) is 11.8. The highest BCUT2D eigenvalue weighted by Crippen LogP contribution is 2.58. The molecule has 1 aromatic carbocycles. The van der Waals surface area contributed by atoms with E-state index in [2.05, 4.69) is 20.6 Å². The summed E-state index contributed by atoms with van der Waals surface area (Å²) in [5.74, 6) is 1.31. The molecule has 5 N–H and O–H groups in total. The molecule has 3 aliphatic rings. The fraction of sp³-hybridized carbons (Fsp3) is 0.367. The van der Waals surface area contributed by atoms with E-state index < -0.39 is 5.60 Å². The van der Waals surface area contributed by atoms with Crippen LogP contribution in [-0.4, -0.2) is 47.4 Å². The number of nitrogens with one attached hydrogen (secondary N) is 2. The number of nitrogen functional groups attached to an aromatic ring is 1. The Bertz CT molecular complexity index is 1660. The Morgan fingerprint density at radius 3 is 2.45 bits per heavy atom. The second kappa shape index (κ2) is 8.59. The van der Waals surface area contributed by atoms with Crippen molar-refractivity contribution in [2.24, 2.45) is 0 Å². The number of nitrogens with two attached hydrogens (primary N) is 1. The van der Waals surface area contributed by atoms with Crippen LogP contribution in [0.3, 0.4) is 0 Å². The summed E-state index contributed by atoms with van der Waals surface area (Å²) in [5, 5.41) is 16.4. The number of hydrogen-bond acceptors (Lipinski definition) is 7. The van der Waals surface area contributed by atoms with E-state index in [1.165, 1.54) is 0 Å². The lowest BCUT2D eigenvalue weighted by atomic mass is 9.83. The Hall–Kier alpha value is -4.31. The topological polar surface area (TPSA) is 148 Å². The molecule has 204 valence electrons. The molecule has 10 heteroatoms. The summed E-state index contributed by atoms with van der Waals surface area (Å²) in [6.07, 6.45) is 10.5. The minimum atomic E-state index is -1.19. The van der Waals surface area contributed by atoms with Crippen LogP contribution in [0.4, 0.5) is 11.6 Å². The average Bonchev–Trinajstić information content (AvgIpc) is 3.28. The monoisotopic (exact) mass is 537 g/mol. The van der Waals surface area contributed by atoms with Crippen molar-refractivity contribution < 1.29 is 14.7 Å². The molecule has 10 nitrogen and oxygen atoms in total. The number of carbonyl (C=O) groups excluding carboxylic acids is 2. The van der Waals surface area contributed by atoms with Crippen LogP contribution < -0.4 is 16.4 Å². The predicted molar refractivity (Wildman–Crippen MR) is 150 cm³/mol. The molecule has 4 aromatic rings. The van der Waals surface area contributed by atoms with Crippen molar-refractivity contribution in [1.82, 2.24) is 24.7 Å². The first-order valence-corrected chi connectivity index (χ1v) is 13.7. The zero-order valence-electron chi connectivity index (χ0n) is 22.3. The molecule has 2 bridgehead atoms. The molecule has 2 amide bonds. The molecular weight excluding hydrogens is 506 g/mol. The summed E-state index contributed by atoms with van der Waals surface area (Å²) in [6.45, 7) is 1.95. The number of imidazole rings is 1. The van der Waals surface area contributed by atoms with Gasteiger partial charge in [-0.15, -0.1) is 0 Å². The highest BCUT2D eigenvalue weighted by molar-refractivity contribution is 6.04. The molecule has 0 atom stereocenters. The van der Waals surface area contributed by atoms with Gasteiger partial charge in [-0.05, 0) is 81.7 Å². The summed E-state index contributed by atoms with van der Waals surface area (Å²) < 4.78 is 2.04. The van der Waals surface area contributed by atoms with E-state index in [0.29, 0.717) is 35.7 Å². The lowest BCUT2D eigenvalue weighted by molar-refractivity contribution is -0.133. The Balaban J connectivity index is 1.20. The number of nitrogens with zero attached hydrogens (tertiary/aromatic N) is 4. The maximum absolute atomic E-state index is 12.8. The molecule has 0 radical (unpaired) electrons. The second-order valence-corrected chi connectivity index (χ2v) is 11.8. The van der Waals surface area contributed by atoms with Crippen molar-refractivity contribution >= 4 is 29.0 Å². The predicted octanol–water partition coefficient (Wildman–Crippen LogP) is 3.53. The van der Waals surface area contributed by atoms with Crippen LogP contribution >= 0.6 is 0 Å². The molecule has 3 fully saturated rings. The molecule has 0 unspecified atom stereocenters. The zero-order valence-corrected chi connectivity index (χ0v) is 22.3. The van der Waals surface area contributed by atoms with Crippen LogP contribution in [0, 0.1) is 6.92 Å². The quantitative estimate of drug-likeness (QED) is 0.294. The summed E-state index contributed by atoms with van der Waals surface area (Å²) in [5.41, 5.74) is 8.47. The number of aliphatic hydroxyl groups is 1. The number of carbonyl (C=O) groups is 2. The van der Waals surface area contributed by atoms with Crippen molar-refractivity contribution in [2.45, 2.75) is 68.4 Å². The van der Waals surface area contributed by atoms with Crippen LogP contribution in [0.15, 0.2) is 55.0 Å². The third kappa shape index (κ3) is 3.93. The minimum Gasteiger partial charge on any atom is -0.382 e. The number of aryl methyl sites for hydroxylation is 1. The normalized spacial score (nSPS) is 24.2. The van der Waals surface area contributed by atoms with Gasteiger partial charge in [-0.1, -0.05) is 12.1 Å². The van der Waals surface area contributed by atoms with Crippen molar-refractivity contribution in [1.29, 1.82) is 0 Å². The standard InChI is InChI=1S/C30H31N7O3/c1-18-6-13-32-21(16-18)34-25(38)20-4-2-19(3-5-20)22-23-24(31)33-14-15-37(23)26(35-22)28-7-9-29(17-28,10-8-28)36-27(39)30(40)11-12-30/h2-6,13-16,40H,7-12,17H2,1H3,(H2,31,33)(H,36,39)(H,32,34,38). The summed E-state index contributed by atoms with van der Waals surface area (Å²) >= 11 is 0. The van der Waals surface area contributed by atoms with Crippen LogP contribution in [0.2, 0.25) is 0 Å². The van der Waals surface area contributed by atoms with Gasteiger partial charge in [0.2, 0.25) is 0 Å². The maximum atomic E-state index is 12.8. The van der Waals surface area contributed by atoms with E-state index in [1.54, 1.807) is 24.5 Å². The van der Waals surface area contributed by atoms with E-state index in [1.807, 2.05) is 41.8 Å². The fourth-order valence-corrected chi connectivity index (χ4v) is 6.59. The number of amides is 2. The van der Waals surface area contributed by atoms with E-state index in [9.17, 15) is 14.7 Å². The molecule has 3 aliphatic carbocycles. The van der Waals surface area contributed by atoms with E-state index in [0.717, 1.165) is 54.6 Å². The van der Waals surface area contributed by atoms with Gasteiger partial charge in [-0.3, -0.25) is 14.0 Å². The molecule has 3 aromatic heterocycles. The first-order chi connectivity index (χ1) is 19.2. The lowest BCUT2D eigenvalue weighted by Crippen LogP contribution is -2.50. The molecular formula is C30H31N7O3. The number of pyridine rings is 1. The summed E-state index contributed by atoms with van der Waals surface area (Å²) in [4.78, 5) is 39.2. The van der Waals surface area contributed by atoms with Gasteiger partial charge in [-0.2, -0.15) is 0 Å². The maximum Gasteiger partial charge on any atom is 0.256 e. The van der Waals surface area contributed by atoms with Gasteiger partial charge in [0.05, 0.1) is 0 Å². The highest BCUT2D eigenvalue weighted by Gasteiger charge is 2.59. The van der Waals surface area contributed by atoms with Crippen LogP contribution in [0.1, 0.15) is 66.7 Å². The molecule has 3 heterocycles. The number of anilines is 2. The Morgan fingerprint density at radius 1 is 1.00 bits per heavy atom. The van der Waals surface area contributed by atoms with E-state index >= 15 is 0 Å². The van der Waals surface area contributed by atoms with Gasteiger partial charge in [0, 0.05) is 40.7 Å². The third-order valence-electron chi connectivity index (χ3n) is 9.00. The van der Waals surface area contributed by atoms with Gasteiger partial charge in [-0.25, -0.2) is 15.0 Å². The van der Waals surface area contributed by atoms with Crippen molar-refractivity contribution in [2.75, 3.05) is 11.1 Å². The first-order valence-electron chi connectivity index (χ1n) is 13.7. The van der Waals surface area contributed by atoms with E-state index in [-0.39, 0.29) is 22.8 Å². The van der Waals surface area contributed by atoms with Crippen molar-refractivity contribution in [3.63, 3.8) is 0 Å². The van der Waals surface area contributed by atoms with Gasteiger partial charge >= 0.3 is 0 Å². The van der Waals surface area contributed by atoms with Crippen LogP contribution in [-0.2, 0) is 10.2 Å². The molecule has 0 saturated heterocycles. The van der Waals surface area contributed by atoms with Gasteiger partial charge in [0.15, 0.2) is 0 Å². The van der Waals surface area contributed by atoms with Crippen molar-refractivity contribution in [3.8, 4) is 11.3 Å². The number of hydrogen-bond donors (Lipinski definition) is 4. The molecule has 40 heavy (non-hydrogen) atoms. The molecule has 3 saturated carbocycles. The molecule has 0 aliphatic heterocycles. The average molecular weight is 538 g/mol. The Labute approximate surface area is 231 Å². The zero-order chi connectivity index (χ0) is 27.7. The number of benzene rings is 1. The number of fused-ring (bicyclic) bond motifs is 3. The van der Waals surface area contributed by atoms with Crippen LogP contribution in [0.25, 0.3) is 16.8 Å². The fourth-order valence-electron chi connectivity index (χ4n) is 6.59. The highest BCUT2D eigenvalue weighted by atomic mass is 16.3. The Morgan fingerprint density at radius 2 is 1.75 bits per heavy atom. The van der Waals surface area contributed by atoms with Gasteiger partial charge < -0.3 is 21.5 Å². The lowest BCUT2D eigenvalue weighted by Gasteiger charge is -2.29. The van der Waals surface area contributed by atoms with Crippen LogP contribution in [0.5, 0.6) is 0 Å². The molecule has 0 spiro atoms. The largest absolute Gasteiger partial charge is 0.382 e. The van der Waals surface area contributed by atoms with Gasteiger partial charge in [0.1, 0.15) is 34.3 Å². The minimum absolute atomic E-state index is 0.213. The molecule has 7 rings (SSSR count). The summed E-state index contributed by atoms with van der Waals surface area (Å²) in [7, 11) is 0. The number of aromatic nitrogens is 4. The van der Waals surface area contributed by atoms with E-state index in [4.69, 9.17) is 10.7 Å². The number of rotatable bonds is 6. The smallest absolute Gasteiger partial charge is 0.256 e. The van der Waals surface area contributed by atoms with Gasteiger partial charge in [0.25, 0.3) is 11.8 Å². The SMILES string of the molecule is Cc1ccnc(NC(=O)c2ccc(-c3nc(C45CCC(NC(=O)C6(O)CC6)(CC4)C5)n4ccnc(N)c34)cc2)c1. The van der Waals surface area contributed by atoms with Crippen molar-refractivity contribution in [3.05, 3.63) is 71.9 Å². The summed E-state index contributed by atoms with van der Waals surface area (Å²) in [6, 6.07) is 11.0. The third-order valence-corrected chi connectivity index (χ3v) is 9.00.